The monoisotopic (exact) mass is 459 g/mol. The van der Waals surface area contributed by atoms with Gasteiger partial charge >= 0.3 is 12.4 Å². The molecule has 0 saturated carbocycles. The van der Waals surface area contributed by atoms with E-state index in [1.165, 1.54) is 34.2 Å². The lowest BCUT2D eigenvalue weighted by Crippen LogP contribution is -2.45. The lowest BCUT2D eigenvalue weighted by molar-refractivity contribution is -0.274. The first kappa shape index (κ1) is 21.8. The fourth-order valence-electron chi connectivity index (χ4n) is 2.63. The van der Waals surface area contributed by atoms with Crippen LogP contribution in [-0.4, -0.2) is 34.8 Å². The molecule has 0 spiro atoms. The molecular weight excluding hydrogens is 446 g/mol. The number of amides is 3. The first-order chi connectivity index (χ1) is 14.1. The zero-order valence-corrected chi connectivity index (χ0v) is 16.6. The van der Waals surface area contributed by atoms with Gasteiger partial charge < -0.3 is 15.0 Å². The van der Waals surface area contributed by atoms with Gasteiger partial charge in [0.05, 0.1) is 6.54 Å². The highest BCUT2D eigenvalue weighted by Crippen LogP contribution is 2.27. The average molecular weight is 460 g/mol. The van der Waals surface area contributed by atoms with E-state index in [1.807, 2.05) is 0 Å². The Balaban J connectivity index is 1.65. The van der Waals surface area contributed by atoms with Crippen molar-refractivity contribution in [2.24, 2.45) is 0 Å². The van der Waals surface area contributed by atoms with Crippen molar-refractivity contribution in [3.8, 4) is 5.75 Å². The molecule has 0 aliphatic carbocycles. The van der Waals surface area contributed by atoms with Crippen LogP contribution in [0.15, 0.2) is 54.7 Å². The molecule has 2 aromatic rings. The summed E-state index contributed by atoms with van der Waals surface area (Å²) in [6.45, 7) is 0.0208. The number of hydrogen-bond acceptors (Lipinski definition) is 3. The minimum absolute atomic E-state index is 0.0714. The number of nitrogens with one attached hydrogen (secondary N) is 1. The lowest BCUT2D eigenvalue weighted by atomic mass is 10.2. The molecule has 1 aliphatic heterocycles. The number of carbonyl (C=O) groups excluding carboxylic acids is 2. The van der Waals surface area contributed by atoms with Crippen molar-refractivity contribution in [3.05, 3.63) is 70.3 Å². The second-order valence-corrected chi connectivity index (χ2v) is 6.98. The maximum absolute atomic E-state index is 12.5. The van der Waals surface area contributed by atoms with Crippen molar-refractivity contribution in [2.45, 2.75) is 12.9 Å². The summed E-state index contributed by atoms with van der Waals surface area (Å²) in [6, 6.07) is 9.05. The zero-order chi connectivity index (χ0) is 21.9. The minimum Gasteiger partial charge on any atom is -0.406 e. The summed E-state index contributed by atoms with van der Waals surface area (Å²) in [5.74, 6) is -0.740. The van der Waals surface area contributed by atoms with Gasteiger partial charge in [0.1, 0.15) is 12.4 Å². The predicted octanol–water partition coefficient (Wildman–Crippen LogP) is 5.24. The second-order valence-electron chi connectivity index (χ2n) is 6.17. The molecule has 2 aromatic carbocycles. The number of carbonyl (C=O) groups is 2. The van der Waals surface area contributed by atoms with Crippen LogP contribution in [-0.2, 0) is 11.3 Å². The molecule has 0 fully saturated rings. The maximum atomic E-state index is 12.5. The van der Waals surface area contributed by atoms with Crippen molar-refractivity contribution >= 4 is 40.8 Å². The molecule has 158 valence electrons. The van der Waals surface area contributed by atoms with Crippen LogP contribution in [0.3, 0.4) is 0 Å². The van der Waals surface area contributed by atoms with Gasteiger partial charge in [0.15, 0.2) is 0 Å². The Labute approximate surface area is 179 Å². The highest BCUT2D eigenvalue weighted by Gasteiger charge is 2.31. The summed E-state index contributed by atoms with van der Waals surface area (Å²) in [5, 5.41) is 3.31. The third-order valence-electron chi connectivity index (χ3n) is 4.04. The molecular formula is C19H14Cl2F3N3O3. The topological polar surface area (TPSA) is 61.9 Å². The number of alkyl halides is 3. The van der Waals surface area contributed by atoms with Crippen molar-refractivity contribution in [1.29, 1.82) is 0 Å². The molecule has 3 rings (SSSR count). The van der Waals surface area contributed by atoms with Crippen LogP contribution in [0.4, 0.5) is 23.7 Å². The van der Waals surface area contributed by atoms with Crippen molar-refractivity contribution in [3.63, 3.8) is 0 Å². The fraction of sp³-hybridized carbons (Fsp3) is 0.158. The van der Waals surface area contributed by atoms with Gasteiger partial charge in [0.2, 0.25) is 5.91 Å². The number of urea groups is 1. The molecule has 1 aliphatic rings. The molecule has 1 heterocycles. The van der Waals surface area contributed by atoms with Crippen molar-refractivity contribution in [1.82, 2.24) is 9.80 Å². The van der Waals surface area contributed by atoms with Gasteiger partial charge in [-0.2, -0.15) is 0 Å². The SMILES string of the molecule is O=C(Nc1ccc(OC(F)(F)F)cc1)N1C=CC(=O)N(Cc2c(Cl)cccc2Cl)C1. The molecule has 3 amide bonds. The molecule has 0 bridgehead atoms. The molecule has 0 aromatic heterocycles. The number of benzene rings is 2. The van der Waals surface area contributed by atoms with E-state index in [9.17, 15) is 22.8 Å². The molecule has 1 N–H and O–H groups in total. The standard InChI is InChI=1S/C19H14Cl2F3N3O3/c20-15-2-1-3-16(21)14(15)10-27-11-26(9-8-17(27)28)18(29)25-12-4-6-13(7-5-12)30-19(22,23)24/h1-9H,10-11H2,(H,25,29). The summed E-state index contributed by atoms with van der Waals surface area (Å²) >= 11 is 12.3. The number of nitrogens with zero attached hydrogens (tertiary/aromatic N) is 2. The first-order valence-electron chi connectivity index (χ1n) is 8.46. The third-order valence-corrected chi connectivity index (χ3v) is 4.75. The quantitative estimate of drug-likeness (QED) is 0.679. The summed E-state index contributed by atoms with van der Waals surface area (Å²) in [5.41, 5.74) is 0.797. The molecule has 0 atom stereocenters. The van der Waals surface area contributed by atoms with E-state index < -0.39 is 18.1 Å². The molecule has 0 unspecified atom stereocenters. The van der Waals surface area contributed by atoms with Crippen molar-refractivity contribution in [2.75, 3.05) is 12.0 Å². The highest BCUT2D eigenvalue weighted by molar-refractivity contribution is 6.36. The molecule has 30 heavy (non-hydrogen) atoms. The van der Waals surface area contributed by atoms with E-state index >= 15 is 0 Å². The average Bonchev–Trinajstić information content (AvgIpc) is 2.66. The van der Waals surface area contributed by atoms with E-state index in [0.29, 0.717) is 15.6 Å². The van der Waals surface area contributed by atoms with Crippen LogP contribution in [0.25, 0.3) is 0 Å². The van der Waals surface area contributed by atoms with Crippen LogP contribution in [0.1, 0.15) is 5.56 Å². The van der Waals surface area contributed by atoms with Crippen LogP contribution in [0.2, 0.25) is 10.0 Å². The van der Waals surface area contributed by atoms with E-state index in [4.69, 9.17) is 23.2 Å². The van der Waals surface area contributed by atoms with Gasteiger partial charge in [-0.3, -0.25) is 9.69 Å². The highest BCUT2D eigenvalue weighted by atomic mass is 35.5. The second kappa shape index (κ2) is 8.85. The Morgan fingerprint density at radius 2 is 1.73 bits per heavy atom. The number of anilines is 1. The van der Waals surface area contributed by atoms with Crippen LogP contribution >= 0.6 is 23.2 Å². The maximum Gasteiger partial charge on any atom is 0.573 e. The van der Waals surface area contributed by atoms with Crippen LogP contribution in [0.5, 0.6) is 5.75 Å². The number of ether oxygens (including phenoxy) is 1. The van der Waals surface area contributed by atoms with Gasteiger partial charge in [-0.25, -0.2) is 4.79 Å². The molecule has 0 saturated heterocycles. The summed E-state index contributed by atoms with van der Waals surface area (Å²) < 4.78 is 40.4. The van der Waals surface area contributed by atoms with Crippen LogP contribution in [0, 0.1) is 0 Å². The largest absolute Gasteiger partial charge is 0.573 e. The van der Waals surface area contributed by atoms with E-state index in [-0.39, 0.29) is 24.8 Å². The summed E-state index contributed by atoms with van der Waals surface area (Å²) in [6.07, 6.45) is -2.28. The molecule has 11 heteroatoms. The lowest BCUT2D eigenvalue weighted by Gasteiger charge is -2.31. The minimum atomic E-state index is -4.80. The van der Waals surface area contributed by atoms with Gasteiger partial charge in [-0.15, -0.1) is 13.2 Å². The Morgan fingerprint density at radius 3 is 2.33 bits per heavy atom. The number of halogens is 5. The smallest absolute Gasteiger partial charge is 0.406 e. The Bertz CT molecular complexity index is 961. The number of rotatable bonds is 4. The van der Waals surface area contributed by atoms with Gasteiger partial charge in [-0.1, -0.05) is 29.3 Å². The normalized spacial score (nSPS) is 14.1. The predicted molar refractivity (Wildman–Crippen MR) is 105 cm³/mol. The molecule has 6 nitrogen and oxygen atoms in total. The van der Waals surface area contributed by atoms with Gasteiger partial charge in [0, 0.05) is 33.6 Å². The van der Waals surface area contributed by atoms with E-state index in [1.54, 1.807) is 18.2 Å². The van der Waals surface area contributed by atoms with Gasteiger partial charge in [-0.05, 0) is 36.4 Å². The Morgan fingerprint density at radius 1 is 1.10 bits per heavy atom. The fourth-order valence-corrected chi connectivity index (χ4v) is 3.15. The number of hydrogen-bond donors (Lipinski definition) is 1. The van der Waals surface area contributed by atoms with E-state index in [2.05, 4.69) is 10.1 Å². The first-order valence-corrected chi connectivity index (χ1v) is 9.21. The van der Waals surface area contributed by atoms with E-state index in [0.717, 1.165) is 12.1 Å². The zero-order valence-electron chi connectivity index (χ0n) is 15.1. The Hall–Kier alpha value is -2.91. The summed E-state index contributed by atoms with van der Waals surface area (Å²) in [7, 11) is 0. The van der Waals surface area contributed by atoms with Crippen molar-refractivity contribution < 1.29 is 27.5 Å². The summed E-state index contributed by atoms with van der Waals surface area (Å²) in [4.78, 5) is 27.3. The third kappa shape index (κ3) is 5.58. The van der Waals surface area contributed by atoms with Gasteiger partial charge in [0.25, 0.3) is 0 Å². The molecule has 0 radical (unpaired) electrons. The van der Waals surface area contributed by atoms with Crippen LogP contribution < -0.4 is 10.1 Å². The Kier molecular flexibility index (Phi) is 6.42.